The van der Waals surface area contributed by atoms with E-state index in [-0.39, 0.29) is 50.6 Å². The van der Waals surface area contributed by atoms with Gasteiger partial charge in [-0.15, -0.1) is 0 Å². The van der Waals surface area contributed by atoms with Gasteiger partial charge in [0.2, 0.25) is 5.92 Å². The van der Waals surface area contributed by atoms with Crippen molar-refractivity contribution >= 4 is 17.4 Å². The summed E-state index contributed by atoms with van der Waals surface area (Å²) in [5, 5.41) is 12.2. The molecule has 0 unspecified atom stereocenters. The van der Waals surface area contributed by atoms with Crippen LogP contribution in [-0.4, -0.2) is 34.9 Å². The smallest absolute Gasteiger partial charge is 0.259 e. The molecule has 2 aromatic heterocycles. The number of aryl methyl sites for hydroxylation is 1. The summed E-state index contributed by atoms with van der Waals surface area (Å²) in [6.07, 6.45) is 2.35. The van der Waals surface area contributed by atoms with Crippen LogP contribution in [0.3, 0.4) is 0 Å². The van der Waals surface area contributed by atoms with Gasteiger partial charge in [0, 0.05) is 44.9 Å². The molecule has 8 heteroatoms. The van der Waals surface area contributed by atoms with Crippen molar-refractivity contribution in [3.63, 3.8) is 0 Å². The van der Waals surface area contributed by atoms with Crippen molar-refractivity contribution in [3.8, 4) is 6.07 Å². The summed E-state index contributed by atoms with van der Waals surface area (Å²) in [7, 11) is 0. The van der Waals surface area contributed by atoms with E-state index in [2.05, 4.69) is 29.1 Å². The summed E-state index contributed by atoms with van der Waals surface area (Å²) in [6, 6.07) is 7.09. The lowest BCUT2D eigenvalue weighted by molar-refractivity contribution is -0.0102. The molecule has 0 aromatic carbocycles. The highest BCUT2D eigenvalue weighted by Gasteiger charge is 2.33. The molecule has 1 aliphatic rings. The lowest BCUT2D eigenvalue weighted by Crippen LogP contribution is -2.30. The average Bonchev–Trinajstić information content (AvgIpc) is 2.92. The number of pyridine rings is 2. The van der Waals surface area contributed by atoms with Gasteiger partial charge in [-0.1, -0.05) is 13.8 Å². The first-order chi connectivity index (χ1) is 14.7. The maximum absolute atomic E-state index is 13.9. The van der Waals surface area contributed by atoms with Crippen LogP contribution in [0.4, 0.5) is 20.3 Å². The van der Waals surface area contributed by atoms with Gasteiger partial charge in [0.15, 0.2) is 0 Å². The number of nitriles is 1. The second-order valence-electron chi connectivity index (χ2n) is 8.06. The predicted octanol–water partition coefficient (Wildman–Crippen LogP) is 5.29. The van der Waals surface area contributed by atoms with Gasteiger partial charge >= 0.3 is 0 Å². The third-order valence-corrected chi connectivity index (χ3v) is 5.71. The van der Waals surface area contributed by atoms with E-state index >= 15 is 0 Å². The van der Waals surface area contributed by atoms with Crippen LogP contribution >= 0.6 is 0 Å². The SMILES string of the molecule is CC[C@@H](C)c1cc(NC(=O)c2c(C)cc(C#N)nc2N2CCCC(F)(F)CC2)ccn1.[HH]. The Labute approximate surface area is 182 Å². The van der Waals surface area contributed by atoms with Crippen LogP contribution in [0.15, 0.2) is 24.4 Å². The molecule has 166 valence electrons. The molecule has 3 rings (SSSR count). The highest BCUT2D eigenvalue weighted by atomic mass is 19.3. The maximum atomic E-state index is 13.9. The van der Waals surface area contributed by atoms with Gasteiger partial charge in [-0.3, -0.25) is 9.78 Å². The van der Waals surface area contributed by atoms with Crippen molar-refractivity contribution in [1.29, 1.82) is 5.26 Å². The molecule has 2 aromatic rings. The van der Waals surface area contributed by atoms with Crippen LogP contribution in [0.25, 0.3) is 0 Å². The molecule has 0 bridgehead atoms. The summed E-state index contributed by atoms with van der Waals surface area (Å²) < 4.78 is 27.7. The van der Waals surface area contributed by atoms with Crippen molar-refractivity contribution in [1.82, 2.24) is 9.97 Å². The lowest BCUT2D eigenvalue weighted by atomic mass is 10.0. The van der Waals surface area contributed by atoms with E-state index in [0.29, 0.717) is 23.4 Å². The zero-order valence-electron chi connectivity index (χ0n) is 18.1. The maximum Gasteiger partial charge on any atom is 0.259 e. The van der Waals surface area contributed by atoms with Crippen LogP contribution < -0.4 is 10.2 Å². The number of hydrogen-bond acceptors (Lipinski definition) is 5. The Kier molecular flexibility index (Phi) is 6.84. The molecule has 1 saturated heterocycles. The first-order valence-corrected chi connectivity index (χ1v) is 10.6. The Morgan fingerprint density at radius 1 is 1.39 bits per heavy atom. The van der Waals surface area contributed by atoms with Crippen molar-refractivity contribution in [3.05, 3.63) is 46.9 Å². The van der Waals surface area contributed by atoms with Gasteiger partial charge in [-0.05, 0) is 49.4 Å². The molecular weight excluding hydrogens is 400 g/mol. The van der Waals surface area contributed by atoms with E-state index in [9.17, 15) is 18.8 Å². The second kappa shape index (κ2) is 9.38. The number of nitrogens with zero attached hydrogens (tertiary/aromatic N) is 4. The van der Waals surface area contributed by atoms with Crippen LogP contribution in [0.5, 0.6) is 0 Å². The third kappa shape index (κ3) is 5.35. The fourth-order valence-corrected chi connectivity index (χ4v) is 3.70. The van der Waals surface area contributed by atoms with Crippen LogP contribution in [0, 0.1) is 18.3 Å². The van der Waals surface area contributed by atoms with Crippen molar-refractivity contribution in [2.45, 2.75) is 58.3 Å². The number of nitrogens with one attached hydrogen (secondary N) is 1. The highest BCUT2D eigenvalue weighted by Crippen LogP contribution is 2.32. The average molecular weight is 430 g/mol. The summed E-state index contributed by atoms with van der Waals surface area (Å²) in [5.74, 6) is -2.59. The quantitative estimate of drug-likeness (QED) is 0.698. The number of anilines is 2. The molecule has 31 heavy (non-hydrogen) atoms. The Hall–Kier alpha value is -3.08. The van der Waals surface area contributed by atoms with Crippen molar-refractivity contribution < 1.29 is 15.0 Å². The molecule has 1 atom stereocenters. The predicted molar refractivity (Wildman–Crippen MR) is 118 cm³/mol. The van der Waals surface area contributed by atoms with Crippen LogP contribution in [0.1, 0.15) is 74.2 Å². The number of alkyl halides is 2. The normalized spacial score (nSPS) is 16.8. The van der Waals surface area contributed by atoms with Gasteiger partial charge in [0.25, 0.3) is 5.91 Å². The minimum atomic E-state index is -2.73. The van der Waals surface area contributed by atoms with E-state index in [4.69, 9.17) is 0 Å². The summed E-state index contributed by atoms with van der Waals surface area (Å²) in [5.41, 5.74) is 2.51. The standard InChI is InChI=1S/C23H27F2N5O.H2/c1-4-15(2)19-13-17(6-9-27-19)29-22(31)20-16(3)12-18(14-26)28-21(20)30-10-5-7-23(24,25)8-11-30;/h6,9,12-13,15H,4-5,7-8,10-11H2,1-3H3,(H,27,29,31);1H/t15-;/m1./s1. The van der Waals surface area contributed by atoms with Crippen LogP contribution in [0.2, 0.25) is 0 Å². The topological polar surface area (TPSA) is 81.9 Å². The minimum Gasteiger partial charge on any atom is -0.356 e. The molecule has 0 radical (unpaired) electrons. The number of carbonyl (C=O) groups excluding carboxylic acids is 1. The zero-order valence-corrected chi connectivity index (χ0v) is 18.1. The molecule has 1 N–H and O–H groups in total. The molecule has 0 spiro atoms. The number of hydrogen-bond donors (Lipinski definition) is 1. The number of aromatic nitrogens is 2. The first kappa shape index (κ1) is 22.6. The summed E-state index contributed by atoms with van der Waals surface area (Å²) >= 11 is 0. The molecule has 1 amide bonds. The number of amides is 1. The van der Waals surface area contributed by atoms with Crippen molar-refractivity contribution in [2.75, 3.05) is 23.3 Å². The Bertz CT molecular complexity index is 1010. The molecule has 3 heterocycles. The fraction of sp³-hybridized carbons (Fsp3) is 0.478. The molecule has 1 fully saturated rings. The van der Waals surface area contributed by atoms with Gasteiger partial charge < -0.3 is 10.2 Å². The van der Waals surface area contributed by atoms with E-state index in [1.165, 1.54) is 0 Å². The minimum absolute atomic E-state index is 0. The van der Waals surface area contributed by atoms with Gasteiger partial charge in [0.05, 0.1) is 5.56 Å². The van der Waals surface area contributed by atoms with Gasteiger partial charge in [-0.2, -0.15) is 5.26 Å². The molecule has 0 saturated carbocycles. The molecule has 1 aliphatic heterocycles. The fourth-order valence-electron chi connectivity index (χ4n) is 3.70. The molecular formula is C23H29F2N5O. The monoisotopic (exact) mass is 429 g/mol. The van der Waals surface area contributed by atoms with Gasteiger partial charge in [-0.25, -0.2) is 13.8 Å². The second-order valence-corrected chi connectivity index (χ2v) is 8.06. The first-order valence-electron chi connectivity index (χ1n) is 10.6. The van der Waals surface area contributed by atoms with Gasteiger partial charge in [0.1, 0.15) is 17.6 Å². The zero-order chi connectivity index (χ0) is 22.6. The number of carbonyl (C=O) groups is 1. The highest BCUT2D eigenvalue weighted by molar-refractivity contribution is 6.08. The van der Waals surface area contributed by atoms with Crippen LogP contribution in [-0.2, 0) is 0 Å². The lowest BCUT2D eigenvalue weighted by Gasteiger charge is -2.25. The number of rotatable bonds is 5. The van der Waals surface area contributed by atoms with E-state index in [1.54, 1.807) is 30.2 Å². The van der Waals surface area contributed by atoms with E-state index in [0.717, 1.165) is 12.1 Å². The summed E-state index contributed by atoms with van der Waals surface area (Å²) in [6.45, 7) is 6.29. The third-order valence-electron chi connectivity index (χ3n) is 5.71. The Balaban J connectivity index is 0.00000363. The van der Waals surface area contributed by atoms with E-state index < -0.39 is 5.92 Å². The largest absolute Gasteiger partial charge is 0.356 e. The van der Waals surface area contributed by atoms with E-state index in [1.807, 2.05) is 12.1 Å². The Morgan fingerprint density at radius 2 is 2.16 bits per heavy atom. The summed E-state index contributed by atoms with van der Waals surface area (Å²) in [4.78, 5) is 23.6. The van der Waals surface area contributed by atoms with Crippen molar-refractivity contribution in [2.24, 2.45) is 0 Å². The number of halogens is 2. The molecule has 0 aliphatic carbocycles. The Morgan fingerprint density at radius 3 is 2.87 bits per heavy atom. The molecule has 6 nitrogen and oxygen atoms in total.